The van der Waals surface area contributed by atoms with Crippen LogP contribution < -0.4 is 0 Å². The Labute approximate surface area is 119 Å². The molecule has 1 N–H and O–H groups in total. The highest BCUT2D eigenvalue weighted by molar-refractivity contribution is 9.09. The minimum absolute atomic E-state index is 0.0779. The number of hydrogen-bond acceptors (Lipinski definition) is 3. The van der Waals surface area contributed by atoms with Crippen LogP contribution in [0.5, 0.6) is 0 Å². The highest BCUT2D eigenvalue weighted by Gasteiger charge is 2.37. The summed E-state index contributed by atoms with van der Waals surface area (Å²) >= 11 is 3.35. The molecule has 1 aliphatic heterocycles. The second-order valence-corrected chi connectivity index (χ2v) is 5.33. The Bertz CT molecular complexity index is 466. The number of halogens is 1. The van der Waals surface area contributed by atoms with Gasteiger partial charge in [-0.15, -0.1) is 0 Å². The molecular weight excluding hydrogens is 312 g/mol. The molecule has 2 atom stereocenters. The van der Waals surface area contributed by atoms with Crippen molar-refractivity contribution in [2.24, 2.45) is 5.92 Å². The van der Waals surface area contributed by atoms with Crippen LogP contribution in [0, 0.1) is 5.92 Å². The van der Waals surface area contributed by atoms with E-state index in [1.807, 2.05) is 0 Å². The zero-order valence-corrected chi connectivity index (χ0v) is 11.9. The molecule has 0 aromatic carbocycles. The molecule has 0 radical (unpaired) electrons. The summed E-state index contributed by atoms with van der Waals surface area (Å²) in [6, 6.07) is 2.76. The molecule has 1 aromatic heterocycles. The number of alkyl halides is 1. The van der Waals surface area contributed by atoms with Gasteiger partial charge in [0.2, 0.25) is 5.91 Å². The third-order valence-corrected chi connectivity index (χ3v) is 4.21. The van der Waals surface area contributed by atoms with Gasteiger partial charge in [0.1, 0.15) is 6.04 Å². The maximum Gasteiger partial charge on any atom is 0.326 e. The number of nitrogens with zero attached hydrogens (tertiary/aromatic N) is 2. The number of aromatic nitrogens is 1. The standard InChI is InChI=1S/C13H15BrN2O3/c14-7-10-6-12(17)16(8-10)11(13(18)19)5-9-1-3-15-4-2-9/h1-4,10-11H,5-8H2,(H,18,19). The Hall–Kier alpha value is -1.43. The summed E-state index contributed by atoms with van der Waals surface area (Å²) in [6.07, 6.45) is 3.99. The van der Waals surface area contributed by atoms with Crippen molar-refractivity contribution in [3.8, 4) is 0 Å². The molecule has 2 heterocycles. The number of carbonyl (C=O) groups is 2. The smallest absolute Gasteiger partial charge is 0.326 e. The number of carboxylic acid groups (broad SMARTS) is 1. The van der Waals surface area contributed by atoms with Gasteiger partial charge in [-0.05, 0) is 23.6 Å². The minimum atomic E-state index is -0.958. The molecule has 1 amide bonds. The van der Waals surface area contributed by atoms with Crippen molar-refractivity contribution < 1.29 is 14.7 Å². The molecule has 2 unspecified atom stereocenters. The first-order valence-corrected chi connectivity index (χ1v) is 7.21. The van der Waals surface area contributed by atoms with E-state index in [2.05, 4.69) is 20.9 Å². The van der Waals surface area contributed by atoms with Crippen LogP contribution >= 0.6 is 15.9 Å². The van der Waals surface area contributed by atoms with E-state index < -0.39 is 12.0 Å². The zero-order valence-electron chi connectivity index (χ0n) is 10.3. The lowest BCUT2D eigenvalue weighted by Gasteiger charge is -2.24. The van der Waals surface area contributed by atoms with E-state index in [1.165, 1.54) is 4.90 Å². The van der Waals surface area contributed by atoms with Crippen LogP contribution in [-0.4, -0.2) is 44.8 Å². The Morgan fingerprint density at radius 3 is 2.74 bits per heavy atom. The fourth-order valence-electron chi connectivity index (χ4n) is 2.29. The molecule has 1 fully saturated rings. The van der Waals surface area contributed by atoms with E-state index in [4.69, 9.17) is 0 Å². The molecule has 6 heteroatoms. The average molecular weight is 327 g/mol. The highest BCUT2D eigenvalue weighted by Crippen LogP contribution is 2.23. The Morgan fingerprint density at radius 1 is 1.53 bits per heavy atom. The van der Waals surface area contributed by atoms with Crippen LogP contribution in [0.4, 0.5) is 0 Å². The van der Waals surface area contributed by atoms with Crippen molar-refractivity contribution in [2.75, 3.05) is 11.9 Å². The molecule has 1 aliphatic rings. The van der Waals surface area contributed by atoms with Gasteiger partial charge >= 0.3 is 5.97 Å². The summed E-state index contributed by atoms with van der Waals surface area (Å²) in [4.78, 5) is 28.7. The Kier molecular flexibility index (Phi) is 4.52. The lowest BCUT2D eigenvalue weighted by molar-refractivity contribution is -0.148. The maximum absolute atomic E-state index is 11.9. The van der Waals surface area contributed by atoms with Gasteiger partial charge in [-0.1, -0.05) is 15.9 Å². The molecule has 19 heavy (non-hydrogen) atoms. The lowest BCUT2D eigenvalue weighted by Crippen LogP contribution is -2.43. The Morgan fingerprint density at radius 2 is 2.21 bits per heavy atom. The summed E-state index contributed by atoms with van der Waals surface area (Å²) in [5.74, 6) is -0.835. The minimum Gasteiger partial charge on any atom is -0.480 e. The second kappa shape index (κ2) is 6.14. The van der Waals surface area contributed by atoms with Crippen molar-refractivity contribution in [1.29, 1.82) is 0 Å². The van der Waals surface area contributed by atoms with Crippen molar-refractivity contribution in [1.82, 2.24) is 9.88 Å². The van der Waals surface area contributed by atoms with E-state index in [1.54, 1.807) is 24.5 Å². The molecule has 1 saturated heterocycles. The average Bonchev–Trinajstić information content (AvgIpc) is 2.78. The van der Waals surface area contributed by atoms with Gasteiger partial charge in [-0.3, -0.25) is 9.78 Å². The van der Waals surface area contributed by atoms with E-state index in [0.717, 1.165) is 10.9 Å². The van der Waals surface area contributed by atoms with E-state index in [9.17, 15) is 14.7 Å². The molecule has 1 aromatic rings. The number of aliphatic carboxylic acids is 1. The SMILES string of the molecule is O=C(O)C(Cc1ccncc1)N1CC(CBr)CC1=O. The zero-order chi connectivity index (χ0) is 13.8. The number of pyridine rings is 1. The fourth-order valence-corrected chi connectivity index (χ4v) is 2.72. The van der Waals surface area contributed by atoms with E-state index in [0.29, 0.717) is 19.4 Å². The summed E-state index contributed by atoms with van der Waals surface area (Å²) in [6.45, 7) is 0.506. The topological polar surface area (TPSA) is 70.5 Å². The van der Waals surface area contributed by atoms with E-state index >= 15 is 0 Å². The van der Waals surface area contributed by atoms with Crippen LogP contribution in [0.2, 0.25) is 0 Å². The van der Waals surface area contributed by atoms with Gasteiger partial charge in [-0.2, -0.15) is 0 Å². The van der Waals surface area contributed by atoms with Gasteiger partial charge in [0.05, 0.1) is 0 Å². The largest absolute Gasteiger partial charge is 0.480 e. The summed E-state index contributed by atoms with van der Waals surface area (Å²) in [5.41, 5.74) is 0.873. The van der Waals surface area contributed by atoms with Gasteiger partial charge in [0, 0.05) is 37.1 Å². The quantitative estimate of drug-likeness (QED) is 0.828. The number of carboxylic acids is 1. The second-order valence-electron chi connectivity index (χ2n) is 4.68. The van der Waals surface area contributed by atoms with Crippen molar-refractivity contribution in [2.45, 2.75) is 18.9 Å². The molecule has 0 spiro atoms. The first-order valence-electron chi connectivity index (χ1n) is 6.09. The number of rotatable bonds is 5. The highest BCUT2D eigenvalue weighted by atomic mass is 79.9. The molecule has 5 nitrogen and oxygen atoms in total. The Balaban J connectivity index is 2.13. The predicted molar refractivity (Wildman–Crippen MR) is 73.0 cm³/mol. The lowest BCUT2D eigenvalue weighted by atomic mass is 10.1. The fraction of sp³-hybridized carbons (Fsp3) is 0.462. The van der Waals surface area contributed by atoms with Crippen molar-refractivity contribution in [3.05, 3.63) is 30.1 Å². The number of likely N-dealkylation sites (tertiary alicyclic amines) is 1. The normalized spacial score (nSPS) is 20.6. The van der Waals surface area contributed by atoms with Crippen LogP contribution in [0.3, 0.4) is 0 Å². The van der Waals surface area contributed by atoms with Crippen molar-refractivity contribution >= 4 is 27.8 Å². The van der Waals surface area contributed by atoms with Crippen LogP contribution in [0.25, 0.3) is 0 Å². The van der Waals surface area contributed by atoms with Gasteiger partial charge in [-0.25, -0.2) is 4.79 Å². The third kappa shape index (κ3) is 3.32. The molecule has 0 aliphatic carbocycles. The predicted octanol–water partition coefficient (Wildman–Crippen LogP) is 1.32. The summed E-state index contributed by atoms with van der Waals surface area (Å²) in [5, 5.41) is 10.1. The maximum atomic E-state index is 11.9. The number of carbonyl (C=O) groups excluding carboxylic acids is 1. The molecule has 0 saturated carbocycles. The molecule has 102 valence electrons. The number of hydrogen-bond donors (Lipinski definition) is 1. The summed E-state index contributed by atoms with van der Waals surface area (Å²) in [7, 11) is 0. The van der Waals surface area contributed by atoms with Crippen molar-refractivity contribution in [3.63, 3.8) is 0 Å². The summed E-state index contributed by atoms with van der Waals surface area (Å²) < 4.78 is 0. The molecule has 2 rings (SSSR count). The van der Waals surface area contributed by atoms with Crippen LogP contribution in [-0.2, 0) is 16.0 Å². The van der Waals surface area contributed by atoms with Crippen LogP contribution in [0.1, 0.15) is 12.0 Å². The molecular formula is C13H15BrN2O3. The third-order valence-electron chi connectivity index (χ3n) is 3.30. The van der Waals surface area contributed by atoms with Gasteiger partial charge in [0.15, 0.2) is 0 Å². The van der Waals surface area contributed by atoms with Crippen LogP contribution in [0.15, 0.2) is 24.5 Å². The molecule has 0 bridgehead atoms. The first-order chi connectivity index (χ1) is 9.11. The van der Waals surface area contributed by atoms with Gasteiger partial charge in [0.25, 0.3) is 0 Å². The first kappa shape index (κ1) is 14.0. The van der Waals surface area contributed by atoms with E-state index in [-0.39, 0.29) is 11.8 Å². The number of amides is 1. The monoisotopic (exact) mass is 326 g/mol. The van der Waals surface area contributed by atoms with Gasteiger partial charge < -0.3 is 10.0 Å².